The molecule has 6 nitrogen and oxygen atoms in total. The molecule has 1 N–H and O–H groups in total. The highest BCUT2D eigenvalue weighted by Gasteiger charge is 2.18. The Bertz CT molecular complexity index is 1140. The zero-order chi connectivity index (χ0) is 25.3. The number of hydrogen-bond donors (Lipinski definition) is 1. The minimum Gasteiger partial charge on any atom is -0.494 e. The summed E-state index contributed by atoms with van der Waals surface area (Å²) in [6, 6.07) is 18.5. The third-order valence-corrected chi connectivity index (χ3v) is 6.40. The SMILES string of the molecule is CCOc1ccc(-c2ccc(CC(=O)CNCc3cccc(F)c3)nc2CN2CCN(C)CC2)cc1. The Balaban J connectivity index is 1.45. The molecule has 0 unspecified atom stereocenters. The number of carbonyl (C=O) groups is 1. The van der Waals surface area contributed by atoms with Crippen LogP contribution in [0, 0.1) is 5.82 Å². The van der Waals surface area contributed by atoms with E-state index >= 15 is 0 Å². The molecule has 2 heterocycles. The van der Waals surface area contributed by atoms with Gasteiger partial charge in [0.15, 0.2) is 5.78 Å². The predicted octanol–water partition coefficient (Wildman–Crippen LogP) is 3.94. The van der Waals surface area contributed by atoms with Gasteiger partial charge in [0, 0.05) is 50.5 Å². The second-order valence-electron chi connectivity index (χ2n) is 9.28. The van der Waals surface area contributed by atoms with Gasteiger partial charge in [0.25, 0.3) is 0 Å². The number of Topliss-reactive ketones (excluding diaryl/α,β-unsaturated/α-hetero) is 1. The summed E-state index contributed by atoms with van der Waals surface area (Å²) in [7, 11) is 2.15. The van der Waals surface area contributed by atoms with Crippen molar-refractivity contribution in [3.8, 4) is 16.9 Å². The van der Waals surface area contributed by atoms with Gasteiger partial charge in [0.1, 0.15) is 11.6 Å². The van der Waals surface area contributed by atoms with Crippen LogP contribution in [0.3, 0.4) is 0 Å². The van der Waals surface area contributed by atoms with E-state index in [1.807, 2.05) is 31.2 Å². The van der Waals surface area contributed by atoms with Crippen molar-refractivity contribution >= 4 is 5.78 Å². The van der Waals surface area contributed by atoms with Gasteiger partial charge in [-0.15, -0.1) is 0 Å². The van der Waals surface area contributed by atoms with Crippen molar-refractivity contribution in [3.63, 3.8) is 0 Å². The molecule has 1 aliphatic rings. The fourth-order valence-electron chi connectivity index (χ4n) is 4.40. The van der Waals surface area contributed by atoms with Gasteiger partial charge in [0.2, 0.25) is 0 Å². The fraction of sp³-hybridized carbons (Fsp3) is 0.379. The van der Waals surface area contributed by atoms with E-state index in [1.54, 1.807) is 6.07 Å². The van der Waals surface area contributed by atoms with Gasteiger partial charge in [-0.2, -0.15) is 0 Å². The molecule has 1 aromatic heterocycles. The molecular formula is C29H35FN4O2. The minimum atomic E-state index is -0.273. The Morgan fingerprint density at radius 1 is 1.06 bits per heavy atom. The molecule has 0 radical (unpaired) electrons. The Labute approximate surface area is 213 Å². The van der Waals surface area contributed by atoms with E-state index in [-0.39, 0.29) is 24.6 Å². The van der Waals surface area contributed by atoms with Crippen molar-refractivity contribution in [3.05, 3.63) is 83.4 Å². The van der Waals surface area contributed by atoms with Crippen LogP contribution in [0.5, 0.6) is 5.75 Å². The van der Waals surface area contributed by atoms with Crippen LogP contribution in [-0.4, -0.2) is 66.9 Å². The molecule has 0 atom stereocenters. The summed E-state index contributed by atoms with van der Waals surface area (Å²) < 4.78 is 19.0. The molecule has 0 spiro atoms. The first-order valence-corrected chi connectivity index (χ1v) is 12.6. The smallest absolute Gasteiger partial charge is 0.152 e. The zero-order valence-electron chi connectivity index (χ0n) is 21.2. The quantitative estimate of drug-likeness (QED) is 0.440. The lowest BCUT2D eigenvalue weighted by atomic mass is 10.0. The molecule has 190 valence electrons. The molecule has 4 rings (SSSR count). The monoisotopic (exact) mass is 490 g/mol. The van der Waals surface area contributed by atoms with Gasteiger partial charge >= 0.3 is 0 Å². The Hall–Kier alpha value is -3.13. The van der Waals surface area contributed by atoms with Gasteiger partial charge < -0.3 is 15.0 Å². The topological polar surface area (TPSA) is 57.7 Å². The molecule has 0 aliphatic carbocycles. The van der Waals surface area contributed by atoms with E-state index in [0.29, 0.717) is 13.2 Å². The second-order valence-corrected chi connectivity index (χ2v) is 9.28. The van der Waals surface area contributed by atoms with Crippen LogP contribution < -0.4 is 10.1 Å². The lowest BCUT2D eigenvalue weighted by Gasteiger charge is -2.32. The van der Waals surface area contributed by atoms with Crippen LogP contribution in [0.25, 0.3) is 11.1 Å². The van der Waals surface area contributed by atoms with Gasteiger partial charge in [-0.1, -0.05) is 30.3 Å². The van der Waals surface area contributed by atoms with Crippen molar-refractivity contribution < 1.29 is 13.9 Å². The van der Waals surface area contributed by atoms with Crippen LogP contribution >= 0.6 is 0 Å². The molecule has 1 fully saturated rings. The Morgan fingerprint density at radius 2 is 1.83 bits per heavy atom. The van der Waals surface area contributed by atoms with Gasteiger partial charge in [0.05, 0.1) is 25.3 Å². The standard InChI is InChI=1S/C29H35FN4O2/c1-3-36-27-10-7-23(8-11-27)28-12-9-25(32-29(28)21-34-15-13-33(2)14-16-34)18-26(35)20-31-19-22-5-4-6-24(30)17-22/h4-12,17,31H,3,13-16,18-21H2,1-2H3. The first-order chi connectivity index (χ1) is 17.5. The molecule has 0 saturated carbocycles. The number of ether oxygens (including phenoxy) is 1. The molecule has 1 saturated heterocycles. The molecule has 0 amide bonds. The number of aromatic nitrogens is 1. The summed E-state index contributed by atoms with van der Waals surface area (Å²) in [6.45, 7) is 8.08. The van der Waals surface area contributed by atoms with E-state index in [9.17, 15) is 9.18 Å². The van der Waals surface area contributed by atoms with Crippen LogP contribution in [-0.2, 0) is 24.3 Å². The first-order valence-electron chi connectivity index (χ1n) is 12.6. The average Bonchev–Trinajstić information content (AvgIpc) is 2.87. The van der Waals surface area contributed by atoms with Crippen LogP contribution in [0.2, 0.25) is 0 Å². The second kappa shape index (κ2) is 12.7. The molecule has 3 aromatic rings. The highest BCUT2D eigenvalue weighted by atomic mass is 19.1. The summed E-state index contributed by atoms with van der Waals surface area (Å²) in [5.41, 5.74) is 4.74. The number of piperazine rings is 1. The number of hydrogen-bond acceptors (Lipinski definition) is 6. The van der Waals surface area contributed by atoms with Crippen molar-refractivity contribution in [2.75, 3.05) is 46.4 Å². The van der Waals surface area contributed by atoms with Crippen molar-refractivity contribution in [1.82, 2.24) is 20.1 Å². The average molecular weight is 491 g/mol. The number of carbonyl (C=O) groups excluding carboxylic acids is 1. The van der Waals surface area contributed by atoms with E-state index in [1.165, 1.54) is 12.1 Å². The van der Waals surface area contributed by atoms with Crippen molar-refractivity contribution in [1.29, 1.82) is 0 Å². The molecular weight excluding hydrogens is 455 g/mol. The van der Waals surface area contributed by atoms with Crippen LogP contribution in [0.1, 0.15) is 23.9 Å². The lowest BCUT2D eigenvalue weighted by molar-refractivity contribution is -0.117. The first kappa shape index (κ1) is 25.9. The number of rotatable bonds is 11. The van der Waals surface area contributed by atoms with Crippen LogP contribution in [0.15, 0.2) is 60.7 Å². The van der Waals surface area contributed by atoms with Crippen molar-refractivity contribution in [2.24, 2.45) is 0 Å². The number of pyridine rings is 1. The van der Waals surface area contributed by atoms with Gasteiger partial charge in [-0.25, -0.2) is 4.39 Å². The Kier molecular flexibility index (Phi) is 9.17. The highest BCUT2D eigenvalue weighted by Crippen LogP contribution is 2.27. The largest absolute Gasteiger partial charge is 0.494 e. The summed E-state index contributed by atoms with van der Waals surface area (Å²) in [4.78, 5) is 22.4. The third-order valence-electron chi connectivity index (χ3n) is 6.40. The number of nitrogens with one attached hydrogen (secondary N) is 1. The van der Waals surface area contributed by atoms with Gasteiger partial charge in [-0.3, -0.25) is 14.7 Å². The lowest BCUT2D eigenvalue weighted by Crippen LogP contribution is -2.44. The maximum absolute atomic E-state index is 13.4. The van der Waals surface area contributed by atoms with E-state index in [0.717, 1.165) is 66.6 Å². The number of halogens is 1. The van der Waals surface area contributed by atoms with E-state index in [4.69, 9.17) is 9.72 Å². The zero-order valence-corrected chi connectivity index (χ0v) is 21.2. The van der Waals surface area contributed by atoms with E-state index < -0.39 is 0 Å². The Morgan fingerprint density at radius 3 is 2.56 bits per heavy atom. The number of ketones is 1. The maximum atomic E-state index is 13.4. The minimum absolute atomic E-state index is 0.0540. The number of benzene rings is 2. The third kappa shape index (κ3) is 7.43. The van der Waals surface area contributed by atoms with Crippen LogP contribution in [0.4, 0.5) is 4.39 Å². The van der Waals surface area contributed by atoms with Crippen molar-refractivity contribution in [2.45, 2.75) is 26.4 Å². The maximum Gasteiger partial charge on any atom is 0.152 e. The summed E-state index contributed by atoms with van der Waals surface area (Å²) in [5.74, 6) is 0.631. The number of nitrogens with zero attached hydrogens (tertiary/aromatic N) is 3. The van der Waals surface area contributed by atoms with Gasteiger partial charge in [-0.05, 0) is 55.4 Å². The molecule has 1 aliphatic heterocycles. The highest BCUT2D eigenvalue weighted by molar-refractivity contribution is 5.82. The number of likely N-dealkylation sites (N-methyl/N-ethyl adjacent to an activating group) is 1. The molecule has 0 bridgehead atoms. The summed E-state index contributed by atoms with van der Waals surface area (Å²) >= 11 is 0. The summed E-state index contributed by atoms with van der Waals surface area (Å²) in [6.07, 6.45) is 0.259. The molecule has 36 heavy (non-hydrogen) atoms. The normalized spacial score (nSPS) is 14.6. The fourth-order valence-corrected chi connectivity index (χ4v) is 4.40. The molecule has 2 aromatic carbocycles. The summed E-state index contributed by atoms with van der Waals surface area (Å²) in [5, 5.41) is 3.12. The predicted molar refractivity (Wildman–Crippen MR) is 140 cm³/mol. The van der Waals surface area contributed by atoms with E-state index in [2.05, 4.69) is 40.4 Å². The molecule has 7 heteroatoms.